The molecule has 136 valence electrons. The highest BCUT2D eigenvalue weighted by atomic mass is 19.1. The maximum absolute atomic E-state index is 12.8. The van der Waals surface area contributed by atoms with Gasteiger partial charge in [-0.05, 0) is 41.1 Å². The lowest BCUT2D eigenvalue weighted by Crippen LogP contribution is -2.24. The first kappa shape index (κ1) is 18.1. The summed E-state index contributed by atoms with van der Waals surface area (Å²) in [7, 11) is 0. The van der Waals surface area contributed by atoms with Gasteiger partial charge in [0, 0.05) is 11.3 Å². The average molecular weight is 365 g/mol. The Balaban J connectivity index is 1.60. The van der Waals surface area contributed by atoms with E-state index in [1.165, 1.54) is 30.5 Å². The Morgan fingerprint density at radius 2 is 1.74 bits per heavy atom. The zero-order chi connectivity index (χ0) is 19.2. The van der Waals surface area contributed by atoms with Crippen LogP contribution in [0.5, 0.6) is 5.75 Å². The normalized spacial score (nSPS) is 10.9. The second-order valence-corrected chi connectivity index (χ2v) is 5.74. The highest BCUT2D eigenvalue weighted by Gasteiger charge is 2.09. The van der Waals surface area contributed by atoms with Crippen LogP contribution in [0.1, 0.15) is 12.0 Å². The van der Waals surface area contributed by atoms with Crippen molar-refractivity contribution in [2.45, 2.75) is 6.42 Å². The fraction of sp³-hybridized carbons (Fsp3) is 0.0500. The number of rotatable bonds is 5. The van der Waals surface area contributed by atoms with E-state index in [4.69, 9.17) is 0 Å². The molecule has 27 heavy (non-hydrogen) atoms. The molecular weight excluding hydrogens is 349 g/mol. The maximum Gasteiger partial charge on any atom is 0.249 e. The SMILES string of the molecule is O=C(CC(=O)Nc1ccc(F)cc1)NN=Cc1c(O)ccc2ccccc12. The van der Waals surface area contributed by atoms with Crippen LogP contribution in [0.4, 0.5) is 10.1 Å². The summed E-state index contributed by atoms with van der Waals surface area (Å²) in [5, 5.41) is 18.0. The average Bonchev–Trinajstić information content (AvgIpc) is 2.65. The molecule has 2 amide bonds. The number of benzene rings is 3. The molecule has 3 aromatic rings. The van der Waals surface area contributed by atoms with Crippen LogP contribution in [-0.4, -0.2) is 23.1 Å². The van der Waals surface area contributed by atoms with Gasteiger partial charge in [0.25, 0.3) is 0 Å². The Kier molecular flexibility index (Phi) is 5.41. The van der Waals surface area contributed by atoms with Crippen LogP contribution in [0.2, 0.25) is 0 Å². The molecule has 0 heterocycles. The Labute approximate surface area is 154 Å². The minimum Gasteiger partial charge on any atom is -0.507 e. The third-order valence-electron chi connectivity index (χ3n) is 3.78. The van der Waals surface area contributed by atoms with E-state index >= 15 is 0 Å². The van der Waals surface area contributed by atoms with E-state index in [1.54, 1.807) is 12.1 Å². The van der Waals surface area contributed by atoms with Crippen LogP contribution in [0.25, 0.3) is 10.8 Å². The first-order valence-electron chi connectivity index (χ1n) is 8.11. The van der Waals surface area contributed by atoms with E-state index in [9.17, 15) is 19.1 Å². The highest BCUT2D eigenvalue weighted by molar-refractivity contribution is 6.05. The number of halogens is 1. The molecule has 3 N–H and O–H groups in total. The van der Waals surface area contributed by atoms with E-state index in [0.29, 0.717) is 11.3 Å². The number of amides is 2. The van der Waals surface area contributed by atoms with Gasteiger partial charge >= 0.3 is 0 Å². The van der Waals surface area contributed by atoms with Gasteiger partial charge in [-0.15, -0.1) is 0 Å². The number of nitrogens with one attached hydrogen (secondary N) is 2. The van der Waals surface area contributed by atoms with Gasteiger partial charge in [0.05, 0.1) is 6.21 Å². The monoisotopic (exact) mass is 365 g/mol. The predicted molar refractivity (Wildman–Crippen MR) is 101 cm³/mol. The fourth-order valence-electron chi connectivity index (χ4n) is 2.51. The second kappa shape index (κ2) is 8.09. The van der Waals surface area contributed by atoms with Gasteiger partial charge in [0.2, 0.25) is 11.8 Å². The third kappa shape index (κ3) is 4.66. The van der Waals surface area contributed by atoms with Crippen molar-refractivity contribution in [3.8, 4) is 5.75 Å². The Bertz CT molecular complexity index is 1020. The lowest BCUT2D eigenvalue weighted by atomic mass is 10.0. The largest absolute Gasteiger partial charge is 0.507 e. The number of hydrazone groups is 1. The summed E-state index contributed by atoms with van der Waals surface area (Å²) in [6.45, 7) is 0. The van der Waals surface area contributed by atoms with Crippen molar-refractivity contribution in [2.24, 2.45) is 5.10 Å². The first-order chi connectivity index (χ1) is 13.0. The van der Waals surface area contributed by atoms with Crippen molar-refractivity contribution in [1.82, 2.24) is 5.43 Å². The molecule has 0 aliphatic heterocycles. The Hall–Kier alpha value is -3.74. The highest BCUT2D eigenvalue weighted by Crippen LogP contribution is 2.25. The van der Waals surface area contributed by atoms with Crippen molar-refractivity contribution in [3.05, 3.63) is 72.0 Å². The Morgan fingerprint density at radius 3 is 2.52 bits per heavy atom. The van der Waals surface area contributed by atoms with Gasteiger partial charge < -0.3 is 10.4 Å². The molecule has 0 saturated carbocycles. The predicted octanol–water partition coefficient (Wildman–Crippen LogP) is 3.16. The molecular formula is C20H16FN3O3. The number of fused-ring (bicyclic) bond motifs is 1. The molecule has 0 unspecified atom stereocenters. The molecule has 0 bridgehead atoms. The fourth-order valence-corrected chi connectivity index (χ4v) is 2.51. The zero-order valence-corrected chi connectivity index (χ0v) is 14.1. The summed E-state index contributed by atoms with van der Waals surface area (Å²) in [4.78, 5) is 23.6. The molecule has 0 fully saturated rings. The summed E-state index contributed by atoms with van der Waals surface area (Å²) in [5.74, 6) is -1.56. The molecule has 3 aromatic carbocycles. The van der Waals surface area contributed by atoms with Crippen LogP contribution < -0.4 is 10.7 Å². The number of carbonyl (C=O) groups is 2. The lowest BCUT2D eigenvalue weighted by molar-refractivity contribution is -0.126. The Morgan fingerprint density at radius 1 is 1.00 bits per heavy atom. The van der Waals surface area contributed by atoms with Crippen LogP contribution >= 0.6 is 0 Å². The van der Waals surface area contributed by atoms with Crippen LogP contribution in [0, 0.1) is 5.82 Å². The molecule has 0 spiro atoms. The van der Waals surface area contributed by atoms with Crippen LogP contribution in [-0.2, 0) is 9.59 Å². The topological polar surface area (TPSA) is 90.8 Å². The number of carbonyl (C=O) groups excluding carboxylic acids is 2. The first-order valence-corrected chi connectivity index (χ1v) is 8.11. The number of phenols is 1. The number of aromatic hydroxyl groups is 1. The number of hydrogen-bond donors (Lipinski definition) is 3. The van der Waals surface area contributed by atoms with Gasteiger partial charge in [-0.3, -0.25) is 9.59 Å². The standard InChI is InChI=1S/C20H16FN3O3/c21-14-6-8-15(9-7-14)23-19(26)11-20(27)24-22-12-17-16-4-2-1-3-13(16)5-10-18(17)25/h1-10,12,25H,11H2,(H,23,26)(H,24,27). The number of hydrogen-bond acceptors (Lipinski definition) is 4. The smallest absolute Gasteiger partial charge is 0.249 e. The molecule has 7 heteroatoms. The van der Waals surface area contributed by atoms with Gasteiger partial charge in [0.15, 0.2) is 0 Å². The van der Waals surface area contributed by atoms with Crippen molar-refractivity contribution < 1.29 is 19.1 Å². The molecule has 6 nitrogen and oxygen atoms in total. The van der Waals surface area contributed by atoms with Crippen molar-refractivity contribution in [1.29, 1.82) is 0 Å². The van der Waals surface area contributed by atoms with E-state index in [-0.39, 0.29) is 5.75 Å². The van der Waals surface area contributed by atoms with Gasteiger partial charge in [0.1, 0.15) is 18.0 Å². The molecule has 0 aliphatic carbocycles. The summed E-state index contributed by atoms with van der Waals surface area (Å²) in [5.41, 5.74) is 3.10. The number of phenolic OH excluding ortho intramolecular Hbond substituents is 1. The molecule has 0 atom stereocenters. The summed E-state index contributed by atoms with van der Waals surface area (Å²) in [6, 6.07) is 16.0. The number of nitrogens with zero attached hydrogens (tertiary/aromatic N) is 1. The summed E-state index contributed by atoms with van der Waals surface area (Å²) < 4.78 is 12.8. The van der Waals surface area contributed by atoms with Gasteiger partial charge in [-0.2, -0.15) is 5.10 Å². The molecule has 3 rings (SSSR count). The maximum atomic E-state index is 12.8. The second-order valence-electron chi connectivity index (χ2n) is 5.74. The molecule has 0 aromatic heterocycles. The zero-order valence-electron chi connectivity index (χ0n) is 14.1. The van der Waals surface area contributed by atoms with Crippen molar-refractivity contribution >= 4 is 34.5 Å². The van der Waals surface area contributed by atoms with Gasteiger partial charge in [-0.1, -0.05) is 30.3 Å². The lowest BCUT2D eigenvalue weighted by Gasteiger charge is -2.05. The van der Waals surface area contributed by atoms with Crippen LogP contribution in [0.15, 0.2) is 65.8 Å². The van der Waals surface area contributed by atoms with E-state index < -0.39 is 24.1 Å². The van der Waals surface area contributed by atoms with E-state index in [1.807, 2.05) is 24.3 Å². The molecule has 0 aliphatic rings. The minimum atomic E-state index is -0.620. The van der Waals surface area contributed by atoms with Gasteiger partial charge in [-0.25, -0.2) is 9.82 Å². The summed E-state index contributed by atoms with van der Waals surface area (Å²) >= 11 is 0. The van der Waals surface area contributed by atoms with Crippen molar-refractivity contribution in [2.75, 3.05) is 5.32 Å². The van der Waals surface area contributed by atoms with Crippen LogP contribution in [0.3, 0.4) is 0 Å². The van der Waals surface area contributed by atoms with E-state index in [2.05, 4.69) is 15.8 Å². The summed E-state index contributed by atoms with van der Waals surface area (Å²) in [6.07, 6.45) is 0.879. The van der Waals surface area contributed by atoms with E-state index in [0.717, 1.165) is 10.8 Å². The quantitative estimate of drug-likeness (QED) is 0.368. The number of anilines is 1. The molecule has 0 saturated heterocycles. The third-order valence-corrected chi connectivity index (χ3v) is 3.78. The minimum absolute atomic E-state index is 0.0285. The van der Waals surface area contributed by atoms with Crippen molar-refractivity contribution in [3.63, 3.8) is 0 Å². The molecule has 0 radical (unpaired) electrons.